The second kappa shape index (κ2) is 6.43. The highest BCUT2D eigenvalue weighted by molar-refractivity contribution is 6.12. The van der Waals surface area contributed by atoms with Gasteiger partial charge < -0.3 is 10.2 Å². The molecular formula is C26H18O2. The number of aromatic hydroxyl groups is 2. The lowest BCUT2D eigenvalue weighted by Gasteiger charge is -2.17. The number of phenols is 2. The molecule has 0 amide bonds. The standard InChI is InChI=1S/C26H18O2/c27-24-13-7-6-12-20(24)23-16-25(28)21-14-18-10-4-5-11-19(18)15-22(21)26(23)17-8-2-1-3-9-17/h1-16,27-28H. The van der Waals surface area contributed by atoms with Crippen molar-refractivity contribution in [2.24, 2.45) is 0 Å². The van der Waals surface area contributed by atoms with Gasteiger partial charge in [-0.1, -0.05) is 72.8 Å². The molecule has 2 N–H and O–H groups in total. The summed E-state index contributed by atoms with van der Waals surface area (Å²) in [7, 11) is 0. The van der Waals surface area contributed by atoms with Crippen LogP contribution in [-0.2, 0) is 0 Å². The Morgan fingerprint density at radius 3 is 1.79 bits per heavy atom. The quantitative estimate of drug-likeness (QED) is 0.341. The molecule has 0 fully saturated rings. The molecule has 0 unspecified atom stereocenters. The summed E-state index contributed by atoms with van der Waals surface area (Å²) in [5.74, 6) is 0.401. The van der Waals surface area contributed by atoms with Crippen molar-refractivity contribution in [1.82, 2.24) is 0 Å². The number of phenolic OH excluding ortho intramolecular Hbond substituents is 2. The van der Waals surface area contributed by atoms with Crippen molar-refractivity contribution in [1.29, 1.82) is 0 Å². The zero-order valence-corrected chi connectivity index (χ0v) is 15.1. The molecule has 134 valence electrons. The molecule has 0 atom stereocenters. The lowest BCUT2D eigenvalue weighted by molar-refractivity contribution is 0.476. The Bertz CT molecular complexity index is 1320. The monoisotopic (exact) mass is 362 g/mol. The first-order chi connectivity index (χ1) is 13.7. The summed E-state index contributed by atoms with van der Waals surface area (Å²) in [5, 5.41) is 25.3. The van der Waals surface area contributed by atoms with Crippen molar-refractivity contribution in [2.75, 3.05) is 0 Å². The van der Waals surface area contributed by atoms with Crippen LogP contribution in [0.4, 0.5) is 0 Å². The van der Waals surface area contributed by atoms with Crippen LogP contribution in [0.5, 0.6) is 11.5 Å². The van der Waals surface area contributed by atoms with Crippen molar-refractivity contribution in [2.45, 2.75) is 0 Å². The topological polar surface area (TPSA) is 40.5 Å². The van der Waals surface area contributed by atoms with Gasteiger partial charge in [0.1, 0.15) is 11.5 Å². The van der Waals surface area contributed by atoms with Crippen LogP contribution < -0.4 is 0 Å². The highest BCUT2D eigenvalue weighted by Gasteiger charge is 2.17. The van der Waals surface area contributed by atoms with Crippen LogP contribution >= 0.6 is 0 Å². The Kier molecular flexibility index (Phi) is 3.77. The van der Waals surface area contributed by atoms with E-state index in [4.69, 9.17) is 0 Å². The van der Waals surface area contributed by atoms with E-state index in [1.807, 2.05) is 54.6 Å². The van der Waals surface area contributed by atoms with E-state index in [1.54, 1.807) is 18.2 Å². The Labute approximate surface area is 162 Å². The molecule has 0 aliphatic rings. The average molecular weight is 362 g/mol. The van der Waals surface area contributed by atoms with Gasteiger partial charge in [-0.15, -0.1) is 0 Å². The molecule has 0 aliphatic carbocycles. The van der Waals surface area contributed by atoms with E-state index in [1.165, 1.54) is 0 Å². The largest absolute Gasteiger partial charge is 0.507 e. The first-order valence-electron chi connectivity index (χ1n) is 9.24. The van der Waals surface area contributed by atoms with Crippen molar-refractivity contribution in [3.8, 4) is 33.8 Å². The number of fused-ring (bicyclic) bond motifs is 2. The van der Waals surface area contributed by atoms with Crippen LogP contribution in [0.2, 0.25) is 0 Å². The number of rotatable bonds is 2. The Morgan fingerprint density at radius 2 is 1.07 bits per heavy atom. The zero-order chi connectivity index (χ0) is 19.1. The van der Waals surface area contributed by atoms with Gasteiger partial charge in [-0.2, -0.15) is 0 Å². The number of hydrogen-bond donors (Lipinski definition) is 2. The highest BCUT2D eigenvalue weighted by atomic mass is 16.3. The summed E-state index contributed by atoms with van der Waals surface area (Å²) < 4.78 is 0. The maximum atomic E-state index is 10.9. The SMILES string of the molecule is Oc1ccccc1-c1cc(O)c2cc3ccccc3cc2c1-c1ccccc1. The normalized spacial score (nSPS) is 11.1. The van der Waals surface area contributed by atoms with Gasteiger partial charge in [-0.3, -0.25) is 0 Å². The summed E-state index contributed by atoms with van der Waals surface area (Å²) in [6.45, 7) is 0. The van der Waals surface area contributed by atoms with Crippen molar-refractivity contribution < 1.29 is 10.2 Å². The molecule has 2 heteroatoms. The minimum Gasteiger partial charge on any atom is -0.507 e. The number of para-hydroxylation sites is 1. The molecule has 5 aromatic carbocycles. The minimum absolute atomic E-state index is 0.194. The highest BCUT2D eigenvalue weighted by Crippen LogP contribution is 2.45. The smallest absolute Gasteiger partial charge is 0.124 e. The first-order valence-corrected chi connectivity index (χ1v) is 9.24. The molecule has 0 heterocycles. The van der Waals surface area contributed by atoms with Crippen LogP contribution in [0, 0.1) is 0 Å². The van der Waals surface area contributed by atoms with Gasteiger partial charge in [0.05, 0.1) is 0 Å². The fraction of sp³-hybridized carbons (Fsp3) is 0. The summed E-state index contributed by atoms with van der Waals surface area (Å²) >= 11 is 0. The van der Waals surface area contributed by atoms with Crippen molar-refractivity contribution >= 4 is 21.5 Å². The van der Waals surface area contributed by atoms with E-state index < -0.39 is 0 Å². The Hall–Kier alpha value is -3.78. The molecule has 5 aromatic rings. The lowest BCUT2D eigenvalue weighted by atomic mass is 9.88. The van der Waals surface area contributed by atoms with Crippen LogP contribution in [-0.4, -0.2) is 10.2 Å². The Balaban J connectivity index is 1.97. The molecular weight excluding hydrogens is 344 g/mol. The molecule has 0 spiro atoms. The third kappa shape index (κ3) is 2.58. The minimum atomic E-state index is 0.194. The summed E-state index contributed by atoms with van der Waals surface area (Å²) in [5.41, 5.74) is 3.55. The van der Waals surface area contributed by atoms with Gasteiger partial charge >= 0.3 is 0 Å². The molecule has 0 saturated heterocycles. The van der Waals surface area contributed by atoms with E-state index in [9.17, 15) is 10.2 Å². The van der Waals surface area contributed by atoms with Crippen molar-refractivity contribution in [3.05, 3.63) is 97.1 Å². The average Bonchev–Trinajstić information content (AvgIpc) is 2.73. The fourth-order valence-corrected chi connectivity index (χ4v) is 3.92. The lowest BCUT2D eigenvalue weighted by Crippen LogP contribution is -1.90. The maximum absolute atomic E-state index is 10.9. The molecule has 0 saturated carbocycles. The van der Waals surface area contributed by atoms with Crippen LogP contribution in [0.25, 0.3) is 43.8 Å². The van der Waals surface area contributed by atoms with Crippen LogP contribution in [0.1, 0.15) is 0 Å². The maximum Gasteiger partial charge on any atom is 0.124 e. The van der Waals surface area contributed by atoms with Gasteiger partial charge in [0.2, 0.25) is 0 Å². The van der Waals surface area contributed by atoms with E-state index >= 15 is 0 Å². The van der Waals surface area contributed by atoms with E-state index in [-0.39, 0.29) is 11.5 Å². The van der Waals surface area contributed by atoms with Crippen molar-refractivity contribution in [3.63, 3.8) is 0 Å². The predicted octanol–water partition coefficient (Wildman–Crippen LogP) is 6.74. The van der Waals surface area contributed by atoms with Gasteiger partial charge in [-0.05, 0) is 57.1 Å². The fourth-order valence-electron chi connectivity index (χ4n) is 3.92. The molecule has 28 heavy (non-hydrogen) atoms. The molecule has 2 nitrogen and oxygen atoms in total. The summed E-state index contributed by atoms with van der Waals surface area (Å²) in [4.78, 5) is 0. The first kappa shape index (κ1) is 16.4. The van der Waals surface area contributed by atoms with E-state index in [0.29, 0.717) is 5.56 Å². The third-order valence-corrected chi connectivity index (χ3v) is 5.24. The molecule has 5 rings (SSSR count). The summed E-state index contributed by atoms with van der Waals surface area (Å²) in [6, 6.07) is 31.4. The number of hydrogen-bond acceptors (Lipinski definition) is 2. The van der Waals surface area contributed by atoms with Gasteiger partial charge in [0, 0.05) is 10.9 Å². The molecule has 0 bridgehead atoms. The molecule has 0 aromatic heterocycles. The second-order valence-corrected chi connectivity index (χ2v) is 6.95. The van der Waals surface area contributed by atoms with Crippen LogP contribution in [0.3, 0.4) is 0 Å². The molecule has 0 radical (unpaired) electrons. The molecule has 0 aliphatic heterocycles. The van der Waals surface area contributed by atoms with E-state index in [0.717, 1.165) is 38.2 Å². The van der Waals surface area contributed by atoms with E-state index in [2.05, 4.69) is 24.3 Å². The second-order valence-electron chi connectivity index (χ2n) is 6.95. The van der Waals surface area contributed by atoms with Gasteiger partial charge in [0.15, 0.2) is 0 Å². The predicted molar refractivity (Wildman–Crippen MR) is 116 cm³/mol. The van der Waals surface area contributed by atoms with Crippen LogP contribution in [0.15, 0.2) is 97.1 Å². The zero-order valence-electron chi connectivity index (χ0n) is 15.1. The Morgan fingerprint density at radius 1 is 0.464 bits per heavy atom. The van der Waals surface area contributed by atoms with Gasteiger partial charge in [0.25, 0.3) is 0 Å². The van der Waals surface area contributed by atoms with Gasteiger partial charge in [-0.25, -0.2) is 0 Å². The summed E-state index contributed by atoms with van der Waals surface area (Å²) in [6.07, 6.45) is 0. The number of benzene rings is 5. The third-order valence-electron chi connectivity index (χ3n) is 5.24.